The fraction of sp³-hybridized carbons (Fsp3) is 0.250. The first-order valence-electron chi connectivity index (χ1n) is 7.92. The fourth-order valence-corrected chi connectivity index (χ4v) is 4.15. The Hall–Kier alpha value is -2.26. The van der Waals surface area contributed by atoms with Crippen LogP contribution in [0.15, 0.2) is 41.5 Å². The van der Waals surface area contributed by atoms with Gasteiger partial charge in [-0.05, 0) is 26.3 Å². The lowest BCUT2D eigenvalue weighted by molar-refractivity contribution is -0.130. The summed E-state index contributed by atoms with van der Waals surface area (Å²) in [4.78, 5) is 12.2. The Morgan fingerprint density at radius 1 is 1.33 bits per heavy atom. The van der Waals surface area contributed by atoms with E-state index in [2.05, 4.69) is 6.58 Å². The highest BCUT2D eigenvalue weighted by atomic mass is 35.5. The van der Waals surface area contributed by atoms with Gasteiger partial charge in [0.25, 0.3) is 0 Å². The van der Waals surface area contributed by atoms with E-state index in [0.717, 1.165) is 33.5 Å². The van der Waals surface area contributed by atoms with E-state index in [4.69, 9.17) is 16.3 Å². The first-order valence-corrected chi connectivity index (χ1v) is 8.30. The van der Waals surface area contributed by atoms with Crippen molar-refractivity contribution < 1.29 is 14.6 Å². The topological polar surface area (TPSA) is 46.5 Å². The number of carbonyl (C=O) groups excluding carboxylic acids is 1. The summed E-state index contributed by atoms with van der Waals surface area (Å²) in [6.45, 7) is 7.24. The van der Waals surface area contributed by atoms with Crippen LogP contribution in [0.5, 0.6) is 11.5 Å². The van der Waals surface area contributed by atoms with Crippen LogP contribution in [0.2, 0.25) is 0 Å². The third kappa shape index (κ3) is 2.01. The number of aromatic hydroxyl groups is 1. The second-order valence-electron chi connectivity index (χ2n) is 6.67. The number of benzene rings is 2. The van der Waals surface area contributed by atoms with Crippen LogP contribution in [0.25, 0.3) is 10.8 Å². The standard InChI is InChI=1S/C20H17ClO3/c1-9(2)20(23)24-19-12-5-4-10(3)6-13(12)18(22)16-11-7-14(17(16)19)15(21)8-11/h4-6,8,11,14,22H,1,7H2,2-3H3. The third-order valence-electron chi connectivity index (χ3n) is 4.91. The quantitative estimate of drug-likeness (QED) is 0.473. The molecule has 24 heavy (non-hydrogen) atoms. The molecule has 0 aromatic heterocycles. The SMILES string of the molecule is C=C(C)C(=O)Oc1c2c(c(O)c3cc(C)ccc13)C1C=C(Cl)C2C1. The molecular weight excluding hydrogens is 324 g/mol. The molecule has 0 saturated carbocycles. The lowest BCUT2D eigenvalue weighted by Crippen LogP contribution is -2.12. The molecule has 0 amide bonds. The lowest BCUT2D eigenvalue weighted by Gasteiger charge is -2.21. The van der Waals surface area contributed by atoms with Crippen molar-refractivity contribution in [2.45, 2.75) is 32.1 Å². The van der Waals surface area contributed by atoms with Crippen LogP contribution in [0.1, 0.15) is 41.9 Å². The van der Waals surface area contributed by atoms with E-state index >= 15 is 0 Å². The summed E-state index contributed by atoms with van der Waals surface area (Å²) in [6, 6.07) is 5.74. The number of phenolic OH excluding ortho intramolecular Hbond substituents is 1. The van der Waals surface area contributed by atoms with E-state index < -0.39 is 5.97 Å². The maximum Gasteiger partial charge on any atom is 0.338 e. The molecule has 4 heteroatoms. The van der Waals surface area contributed by atoms with E-state index in [1.165, 1.54) is 0 Å². The Balaban J connectivity index is 2.05. The number of esters is 1. The molecule has 0 radical (unpaired) electrons. The highest BCUT2D eigenvalue weighted by Crippen LogP contribution is 2.61. The van der Waals surface area contributed by atoms with Crippen molar-refractivity contribution in [2.75, 3.05) is 0 Å². The molecular formula is C20H17ClO3. The van der Waals surface area contributed by atoms with Gasteiger partial charge in [-0.1, -0.05) is 42.0 Å². The average Bonchev–Trinajstić information content (AvgIpc) is 3.08. The van der Waals surface area contributed by atoms with Crippen molar-refractivity contribution in [3.8, 4) is 11.5 Å². The van der Waals surface area contributed by atoms with E-state index in [0.29, 0.717) is 16.7 Å². The van der Waals surface area contributed by atoms with Crippen LogP contribution in [-0.2, 0) is 4.79 Å². The Bertz CT molecular complexity index is 955. The normalized spacial score (nSPS) is 20.9. The minimum atomic E-state index is -0.465. The zero-order valence-corrected chi connectivity index (χ0v) is 14.3. The van der Waals surface area contributed by atoms with Crippen LogP contribution in [-0.4, -0.2) is 11.1 Å². The molecule has 2 unspecified atom stereocenters. The minimum Gasteiger partial charge on any atom is -0.507 e. The van der Waals surface area contributed by atoms with Gasteiger partial charge in [-0.15, -0.1) is 0 Å². The van der Waals surface area contributed by atoms with Gasteiger partial charge in [-0.3, -0.25) is 0 Å². The lowest BCUT2D eigenvalue weighted by atomic mass is 9.90. The summed E-state index contributed by atoms with van der Waals surface area (Å²) in [7, 11) is 0. The van der Waals surface area contributed by atoms with E-state index in [9.17, 15) is 9.90 Å². The van der Waals surface area contributed by atoms with E-state index in [1.807, 2.05) is 31.2 Å². The number of fused-ring (bicyclic) bond motifs is 6. The molecule has 2 aromatic carbocycles. The molecule has 2 aromatic rings. The Labute approximate surface area is 145 Å². The molecule has 2 aliphatic rings. The average molecular weight is 341 g/mol. The van der Waals surface area contributed by atoms with Crippen molar-refractivity contribution in [3.63, 3.8) is 0 Å². The van der Waals surface area contributed by atoms with Gasteiger partial charge < -0.3 is 9.84 Å². The Morgan fingerprint density at radius 2 is 2.08 bits per heavy atom. The second kappa shape index (κ2) is 5.12. The predicted octanol–water partition coefficient (Wildman–Crippen LogP) is 5.04. The van der Waals surface area contributed by atoms with Crippen molar-refractivity contribution in [2.24, 2.45) is 0 Å². The van der Waals surface area contributed by atoms with Crippen molar-refractivity contribution in [3.05, 3.63) is 58.1 Å². The van der Waals surface area contributed by atoms with Gasteiger partial charge >= 0.3 is 5.97 Å². The fourth-order valence-electron chi connectivity index (χ4n) is 3.80. The number of halogens is 1. The zero-order chi connectivity index (χ0) is 17.2. The van der Waals surface area contributed by atoms with Gasteiger partial charge in [-0.2, -0.15) is 0 Å². The summed E-state index contributed by atoms with van der Waals surface area (Å²) in [6.07, 6.45) is 2.80. The number of allylic oxidation sites excluding steroid dienone is 2. The largest absolute Gasteiger partial charge is 0.507 e. The van der Waals surface area contributed by atoms with Crippen molar-refractivity contribution >= 4 is 28.3 Å². The summed E-state index contributed by atoms with van der Waals surface area (Å²) in [5.74, 6) is 0.366. The number of hydrogen-bond donors (Lipinski definition) is 1. The number of phenols is 1. The predicted molar refractivity (Wildman–Crippen MR) is 94.8 cm³/mol. The molecule has 1 N–H and O–H groups in total. The highest BCUT2D eigenvalue weighted by Gasteiger charge is 2.43. The van der Waals surface area contributed by atoms with E-state index in [-0.39, 0.29) is 17.6 Å². The summed E-state index contributed by atoms with van der Waals surface area (Å²) in [5.41, 5.74) is 3.05. The van der Waals surface area contributed by atoms with Crippen LogP contribution < -0.4 is 4.74 Å². The van der Waals surface area contributed by atoms with Crippen molar-refractivity contribution in [1.29, 1.82) is 0 Å². The molecule has 2 bridgehead atoms. The van der Waals surface area contributed by atoms with Crippen LogP contribution in [0, 0.1) is 6.92 Å². The number of rotatable bonds is 2. The van der Waals surface area contributed by atoms with Gasteiger partial charge in [0, 0.05) is 44.3 Å². The Kier molecular flexibility index (Phi) is 3.26. The summed E-state index contributed by atoms with van der Waals surface area (Å²) in [5, 5.41) is 13.0. The van der Waals surface area contributed by atoms with Gasteiger partial charge in [0.2, 0.25) is 0 Å². The molecule has 0 aliphatic heterocycles. The molecule has 2 aliphatic carbocycles. The van der Waals surface area contributed by atoms with Crippen LogP contribution >= 0.6 is 11.6 Å². The van der Waals surface area contributed by atoms with Gasteiger partial charge in [-0.25, -0.2) is 4.79 Å². The smallest absolute Gasteiger partial charge is 0.338 e. The van der Waals surface area contributed by atoms with Crippen LogP contribution in [0.4, 0.5) is 0 Å². The molecule has 0 spiro atoms. The van der Waals surface area contributed by atoms with Gasteiger partial charge in [0.05, 0.1) is 0 Å². The number of ether oxygens (including phenoxy) is 1. The minimum absolute atomic E-state index is 0.0174. The first-order chi connectivity index (χ1) is 11.4. The van der Waals surface area contributed by atoms with Gasteiger partial charge in [0.15, 0.2) is 0 Å². The molecule has 0 fully saturated rings. The summed E-state index contributed by atoms with van der Waals surface area (Å²) >= 11 is 6.36. The monoisotopic (exact) mass is 340 g/mol. The molecule has 122 valence electrons. The maximum atomic E-state index is 12.2. The highest BCUT2D eigenvalue weighted by molar-refractivity contribution is 6.31. The molecule has 3 nitrogen and oxygen atoms in total. The first kappa shape index (κ1) is 15.3. The molecule has 4 rings (SSSR count). The van der Waals surface area contributed by atoms with Crippen molar-refractivity contribution in [1.82, 2.24) is 0 Å². The molecule has 2 atom stereocenters. The number of carbonyl (C=O) groups is 1. The third-order valence-corrected chi connectivity index (χ3v) is 5.30. The van der Waals surface area contributed by atoms with Crippen LogP contribution in [0.3, 0.4) is 0 Å². The molecule has 0 heterocycles. The Morgan fingerprint density at radius 3 is 2.79 bits per heavy atom. The maximum absolute atomic E-state index is 12.2. The zero-order valence-electron chi connectivity index (χ0n) is 13.5. The van der Waals surface area contributed by atoms with Gasteiger partial charge in [0.1, 0.15) is 11.5 Å². The number of hydrogen-bond acceptors (Lipinski definition) is 3. The summed E-state index contributed by atoms with van der Waals surface area (Å²) < 4.78 is 5.69. The second-order valence-corrected chi connectivity index (χ2v) is 7.11. The molecule has 0 saturated heterocycles. The number of aryl methyl sites for hydroxylation is 1. The van der Waals surface area contributed by atoms with E-state index in [1.54, 1.807) is 6.92 Å².